The van der Waals surface area contributed by atoms with E-state index in [2.05, 4.69) is 15.2 Å². The minimum absolute atomic E-state index is 0.0467. The number of nitrogens with zero attached hydrogens (tertiary/aromatic N) is 4. The number of imidazole rings is 1. The van der Waals surface area contributed by atoms with Crippen molar-refractivity contribution in [3.8, 4) is 5.75 Å². The Morgan fingerprint density at radius 3 is 2.70 bits per heavy atom. The number of phenols is 1. The number of rotatable bonds is 3. The first-order valence-corrected chi connectivity index (χ1v) is 7.34. The van der Waals surface area contributed by atoms with Crippen LogP contribution in [0.4, 0.5) is 15.9 Å². The van der Waals surface area contributed by atoms with Gasteiger partial charge in [-0.3, -0.25) is 4.40 Å². The van der Waals surface area contributed by atoms with E-state index < -0.39 is 0 Å². The monoisotopic (exact) mass is 312 g/mol. The molecule has 0 saturated heterocycles. The Hall–Kier alpha value is -2.76. The molecule has 3 rings (SSSR count). The maximum atomic E-state index is 13.5. The van der Waals surface area contributed by atoms with E-state index in [1.165, 1.54) is 12.3 Å². The standard InChI is InChI=1S/C17H17FN4O/c1-10(2)16-17(22-9-12(18)5-7-15(22)19-16)21-20-13-8-11(3)4-6-14(13)23/h4-10,23H,1-3H3. The molecule has 0 atom stereocenters. The van der Waals surface area contributed by atoms with Crippen molar-refractivity contribution in [2.75, 3.05) is 0 Å². The minimum atomic E-state index is -0.375. The Morgan fingerprint density at radius 1 is 1.17 bits per heavy atom. The molecule has 0 aliphatic heterocycles. The molecule has 2 heterocycles. The average molecular weight is 312 g/mol. The van der Waals surface area contributed by atoms with Gasteiger partial charge >= 0.3 is 0 Å². The number of aromatic nitrogens is 2. The molecule has 6 heteroatoms. The second-order valence-electron chi connectivity index (χ2n) is 5.74. The maximum absolute atomic E-state index is 13.5. The van der Waals surface area contributed by atoms with Crippen LogP contribution in [0, 0.1) is 12.7 Å². The number of hydrogen-bond donors (Lipinski definition) is 1. The first-order chi connectivity index (χ1) is 11.0. The van der Waals surface area contributed by atoms with Crippen LogP contribution in [0.25, 0.3) is 5.65 Å². The summed E-state index contributed by atoms with van der Waals surface area (Å²) in [6.45, 7) is 5.88. The van der Waals surface area contributed by atoms with Gasteiger partial charge in [-0.05, 0) is 42.7 Å². The topological polar surface area (TPSA) is 62.2 Å². The number of azo groups is 1. The van der Waals surface area contributed by atoms with Gasteiger partial charge in [-0.25, -0.2) is 9.37 Å². The molecule has 0 aliphatic carbocycles. The quantitative estimate of drug-likeness (QED) is 0.690. The van der Waals surface area contributed by atoms with E-state index in [0.717, 1.165) is 11.3 Å². The highest BCUT2D eigenvalue weighted by atomic mass is 19.1. The lowest BCUT2D eigenvalue weighted by Gasteiger charge is -2.03. The molecule has 0 amide bonds. The Labute approximate surface area is 133 Å². The normalized spacial score (nSPS) is 11.9. The van der Waals surface area contributed by atoms with E-state index in [9.17, 15) is 9.50 Å². The van der Waals surface area contributed by atoms with Crippen molar-refractivity contribution in [3.05, 3.63) is 53.6 Å². The molecule has 0 saturated carbocycles. The molecular weight excluding hydrogens is 295 g/mol. The Morgan fingerprint density at radius 2 is 1.96 bits per heavy atom. The van der Waals surface area contributed by atoms with Gasteiger partial charge in [0, 0.05) is 6.20 Å². The summed E-state index contributed by atoms with van der Waals surface area (Å²) < 4.78 is 15.1. The van der Waals surface area contributed by atoms with Gasteiger partial charge in [0.2, 0.25) is 0 Å². The number of halogens is 1. The van der Waals surface area contributed by atoms with Gasteiger partial charge in [-0.2, -0.15) is 0 Å². The van der Waals surface area contributed by atoms with Gasteiger partial charge in [0.1, 0.15) is 22.9 Å². The number of benzene rings is 1. The molecule has 2 aromatic heterocycles. The molecular formula is C17H17FN4O. The lowest BCUT2D eigenvalue weighted by molar-refractivity contribution is 0.476. The van der Waals surface area contributed by atoms with Gasteiger partial charge in [-0.15, -0.1) is 10.2 Å². The van der Waals surface area contributed by atoms with Gasteiger partial charge in [0.25, 0.3) is 0 Å². The van der Waals surface area contributed by atoms with Crippen molar-refractivity contribution in [2.24, 2.45) is 10.2 Å². The predicted molar refractivity (Wildman–Crippen MR) is 86.3 cm³/mol. The third kappa shape index (κ3) is 2.92. The highest BCUT2D eigenvalue weighted by Crippen LogP contribution is 2.32. The Balaban J connectivity index is 2.14. The Kier molecular flexibility index (Phi) is 3.82. The van der Waals surface area contributed by atoms with Crippen LogP contribution in [0.15, 0.2) is 46.8 Å². The molecule has 0 fully saturated rings. The highest BCUT2D eigenvalue weighted by molar-refractivity contribution is 5.55. The van der Waals surface area contributed by atoms with Crippen molar-refractivity contribution in [3.63, 3.8) is 0 Å². The zero-order chi connectivity index (χ0) is 16.6. The van der Waals surface area contributed by atoms with E-state index >= 15 is 0 Å². The van der Waals surface area contributed by atoms with E-state index in [4.69, 9.17) is 0 Å². The van der Waals surface area contributed by atoms with Gasteiger partial charge in [0.15, 0.2) is 5.82 Å². The van der Waals surface area contributed by atoms with E-state index in [0.29, 0.717) is 17.2 Å². The van der Waals surface area contributed by atoms with Crippen molar-refractivity contribution in [2.45, 2.75) is 26.7 Å². The number of phenolic OH excluding ortho intramolecular Hbond substituents is 1. The van der Waals surface area contributed by atoms with Crippen LogP contribution >= 0.6 is 0 Å². The van der Waals surface area contributed by atoms with Crippen molar-refractivity contribution in [1.29, 1.82) is 0 Å². The minimum Gasteiger partial charge on any atom is -0.506 e. The number of pyridine rings is 1. The highest BCUT2D eigenvalue weighted by Gasteiger charge is 2.15. The summed E-state index contributed by atoms with van der Waals surface area (Å²) >= 11 is 0. The fourth-order valence-electron chi connectivity index (χ4n) is 2.33. The second-order valence-corrected chi connectivity index (χ2v) is 5.74. The molecule has 23 heavy (non-hydrogen) atoms. The fourth-order valence-corrected chi connectivity index (χ4v) is 2.33. The summed E-state index contributed by atoms with van der Waals surface area (Å²) in [4.78, 5) is 4.49. The summed E-state index contributed by atoms with van der Waals surface area (Å²) in [5.74, 6) is 0.249. The fraction of sp³-hybridized carbons (Fsp3) is 0.235. The first-order valence-electron chi connectivity index (χ1n) is 7.34. The summed E-state index contributed by atoms with van der Waals surface area (Å²) in [7, 11) is 0. The van der Waals surface area contributed by atoms with Crippen LogP contribution < -0.4 is 0 Å². The van der Waals surface area contributed by atoms with Crippen LogP contribution in [-0.2, 0) is 0 Å². The van der Waals surface area contributed by atoms with Crippen LogP contribution in [0.3, 0.4) is 0 Å². The molecule has 1 N–H and O–H groups in total. The molecule has 3 aromatic rings. The summed E-state index contributed by atoms with van der Waals surface area (Å²) in [5.41, 5.74) is 2.67. The third-order valence-electron chi connectivity index (χ3n) is 3.51. The molecule has 1 aromatic carbocycles. The van der Waals surface area contributed by atoms with E-state index in [1.54, 1.807) is 28.7 Å². The molecule has 0 bridgehead atoms. The number of hydrogen-bond acceptors (Lipinski definition) is 4. The van der Waals surface area contributed by atoms with Crippen LogP contribution in [0.5, 0.6) is 5.75 Å². The molecule has 118 valence electrons. The lowest BCUT2D eigenvalue weighted by Crippen LogP contribution is -1.88. The van der Waals surface area contributed by atoms with Crippen molar-refractivity contribution < 1.29 is 9.50 Å². The van der Waals surface area contributed by atoms with Crippen LogP contribution in [-0.4, -0.2) is 14.5 Å². The number of fused-ring (bicyclic) bond motifs is 1. The summed E-state index contributed by atoms with van der Waals surface area (Å²) in [6.07, 6.45) is 1.33. The predicted octanol–water partition coefficient (Wildman–Crippen LogP) is 5.03. The van der Waals surface area contributed by atoms with E-state index in [1.807, 2.05) is 20.8 Å². The summed E-state index contributed by atoms with van der Waals surface area (Å²) in [5, 5.41) is 18.2. The van der Waals surface area contributed by atoms with Gasteiger partial charge < -0.3 is 5.11 Å². The molecule has 0 unspecified atom stereocenters. The molecule has 5 nitrogen and oxygen atoms in total. The third-order valence-corrected chi connectivity index (χ3v) is 3.51. The van der Waals surface area contributed by atoms with Gasteiger partial charge in [-0.1, -0.05) is 19.9 Å². The summed E-state index contributed by atoms with van der Waals surface area (Å²) in [6, 6.07) is 8.06. The lowest BCUT2D eigenvalue weighted by atomic mass is 10.1. The van der Waals surface area contributed by atoms with Crippen molar-refractivity contribution in [1.82, 2.24) is 9.38 Å². The second kappa shape index (κ2) is 5.79. The van der Waals surface area contributed by atoms with Crippen LogP contribution in [0.1, 0.15) is 31.0 Å². The van der Waals surface area contributed by atoms with Crippen molar-refractivity contribution >= 4 is 17.2 Å². The zero-order valence-electron chi connectivity index (χ0n) is 13.2. The molecule has 0 radical (unpaired) electrons. The van der Waals surface area contributed by atoms with E-state index in [-0.39, 0.29) is 17.5 Å². The Bertz CT molecular complexity index is 899. The largest absolute Gasteiger partial charge is 0.506 e. The van der Waals surface area contributed by atoms with Crippen LogP contribution in [0.2, 0.25) is 0 Å². The maximum Gasteiger partial charge on any atom is 0.183 e. The number of aryl methyl sites for hydroxylation is 1. The first kappa shape index (κ1) is 15.1. The zero-order valence-corrected chi connectivity index (χ0v) is 13.2. The van der Waals surface area contributed by atoms with Gasteiger partial charge in [0.05, 0.1) is 5.69 Å². The molecule has 0 aliphatic rings. The SMILES string of the molecule is Cc1ccc(O)c(N=Nc2c(C(C)C)nc3ccc(F)cn23)c1. The smallest absolute Gasteiger partial charge is 0.183 e. The molecule has 0 spiro atoms. The number of aromatic hydroxyl groups is 1. The average Bonchev–Trinajstić information content (AvgIpc) is 2.86.